The number of aryl methyl sites for hydroxylation is 3. The summed E-state index contributed by atoms with van der Waals surface area (Å²) in [5, 5.41) is 5.36. The molecule has 3 aromatic rings. The highest BCUT2D eigenvalue weighted by molar-refractivity contribution is 7.15. The number of esters is 1. The van der Waals surface area contributed by atoms with Crippen LogP contribution in [0.15, 0.2) is 47.8 Å². The standard InChI is InChI=1S/C26H29NO4S/c1-5-30-20-11-8-19(9-12-20)10-14-23(28)27-25-24(26(29)31-6-2)22(16-32-25)21-13-7-17(3)15-18(21)4/h7-9,11-13,15-16H,5-6,10,14H2,1-4H3,(H,27,28). The number of anilines is 1. The molecule has 6 heteroatoms. The summed E-state index contributed by atoms with van der Waals surface area (Å²) in [5.41, 5.74) is 5.44. The molecule has 0 aliphatic rings. The number of rotatable bonds is 9. The van der Waals surface area contributed by atoms with Gasteiger partial charge in [-0.05, 0) is 62.9 Å². The quantitative estimate of drug-likeness (QED) is 0.395. The molecule has 32 heavy (non-hydrogen) atoms. The zero-order valence-corrected chi connectivity index (χ0v) is 19.8. The van der Waals surface area contributed by atoms with Crippen molar-refractivity contribution in [2.75, 3.05) is 18.5 Å². The zero-order chi connectivity index (χ0) is 23.1. The third kappa shape index (κ3) is 5.77. The van der Waals surface area contributed by atoms with Crippen LogP contribution in [-0.4, -0.2) is 25.1 Å². The molecule has 0 atom stereocenters. The lowest BCUT2D eigenvalue weighted by atomic mass is 9.97. The molecule has 0 fully saturated rings. The van der Waals surface area contributed by atoms with Gasteiger partial charge in [0.05, 0.1) is 13.2 Å². The molecule has 3 rings (SSSR count). The van der Waals surface area contributed by atoms with Crippen molar-refractivity contribution in [1.82, 2.24) is 0 Å². The Bertz CT molecular complexity index is 1090. The summed E-state index contributed by atoms with van der Waals surface area (Å²) in [5.74, 6) is 0.251. The van der Waals surface area contributed by atoms with Crippen molar-refractivity contribution in [2.24, 2.45) is 0 Å². The van der Waals surface area contributed by atoms with Crippen LogP contribution in [0.4, 0.5) is 5.00 Å². The highest BCUT2D eigenvalue weighted by Gasteiger charge is 2.23. The minimum absolute atomic E-state index is 0.140. The van der Waals surface area contributed by atoms with E-state index in [0.717, 1.165) is 33.6 Å². The Hall–Kier alpha value is -3.12. The Morgan fingerprint density at radius 2 is 1.72 bits per heavy atom. The highest BCUT2D eigenvalue weighted by Crippen LogP contribution is 2.38. The van der Waals surface area contributed by atoms with Gasteiger partial charge in [0.2, 0.25) is 5.91 Å². The summed E-state index contributed by atoms with van der Waals surface area (Å²) in [6.45, 7) is 8.66. The summed E-state index contributed by atoms with van der Waals surface area (Å²) in [6.07, 6.45) is 0.912. The van der Waals surface area contributed by atoms with E-state index in [0.29, 0.717) is 30.0 Å². The first-order valence-electron chi connectivity index (χ1n) is 10.8. The van der Waals surface area contributed by atoms with Crippen LogP contribution < -0.4 is 10.1 Å². The molecule has 0 saturated heterocycles. The third-order valence-corrected chi connectivity index (χ3v) is 5.97. The van der Waals surface area contributed by atoms with E-state index in [1.807, 2.05) is 62.5 Å². The molecule has 1 heterocycles. The number of hydrogen-bond donors (Lipinski definition) is 1. The van der Waals surface area contributed by atoms with Crippen molar-refractivity contribution in [3.63, 3.8) is 0 Å². The molecule has 0 aliphatic carbocycles. The number of hydrogen-bond acceptors (Lipinski definition) is 5. The second-order valence-electron chi connectivity index (χ2n) is 7.52. The largest absolute Gasteiger partial charge is 0.494 e. The van der Waals surface area contributed by atoms with Crippen molar-refractivity contribution in [1.29, 1.82) is 0 Å². The number of benzene rings is 2. The summed E-state index contributed by atoms with van der Waals surface area (Å²) in [4.78, 5) is 25.4. The van der Waals surface area contributed by atoms with Crippen LogP contribution in [0.1, 0.15) is 47.3 Å². The smallest absolute Gasteiger partial charge is 0.341 e. The number of amides is 1. The molecule has 2 aromatic carbocycles. The maximum Gasteiger partial charge on any atom is 0.341 e. The monoisotopic (exact) mass is 451 g/mol. The number of carbonyl (C=O) groups excluding carboxylic acids is 2. The molecular weight excluding hydrogens is 422 g/mol. The van der Waals surface area contributed by atoms with E-state index in [-0.39, 0.29) is 12.5 Å². The number of nitrogens with one attached hydrogen (secondary N) is 1. The second-order valence-corrected chi connectivity index (χ2v) is 8.40. The van der Waals surface area contributed by atoms with E-state index in [9.17, 15) is 9.59 Å². The van der Waals surface area contributed by atoms with E-state index >= 15 is 0 Å². The molecule has 0 radical (unpaired) electrons. The zero-order valence-electron chi connectivity index (χ0n) is 19.0. The Morgan fingerprint density at radius 1 is 0.969 bits per heavy atom. The minimum atomic E-state index is -0.425. The predicted octanol–water partition coefficient (Wildman–Crippen LogP) is 6.18. The van der Waals surface area contributed by atoms with Crippen molar-refractivity contribution in [2.45, 2.75) is 40.5 Å². The topological polar surface area (TPSA) is 64.6 Å². The van der Waals surface area contributed by atoms with Gasteiger partial charge in [-0.1, -0.05) is 35.9 Å². The fourth-order valence-corrected chi connectivity index (χ4v) is 4.50. The van der Waals surface area contributed by atoms with E-state index in [4.69, 9.17) is 9.47 Å². The predicted molar refractivity (Wildman–Crippen MR) is 130 cm³/mol. The lowest BCUT2D eigenvalue weighted by Crippen LogP contribution is -2.15. The van der Waals surface area contributed by atoms with Gasteiger partial charge in [0.15, 0.2) is 0 Å². The molecule has 1 aromatic heterocycles. The van der Waals surface area contributed by atoms with Crippen molar-refractivity contribution < 1.29 is 19.1 Å². The fraction of sp³-hybridized carbons (Fsp3) is 0.308. The van der Waals surface area contributed by atoms with Gasteiger partial charge in [0.25, 0.3) is 0 Å². The molecule has 0 saturated carbocycles. The molecule has 1 N–H and O–H groups in total. The lowest BCUT2D eigenvalue weighted by molar-refractivity contribution is -0.116. The fourth-order valence-electron chi connectivity index (χ4n) is 3.54. The van der Waals surface area contributed by atoms with E-state index in [2.05, 4.69) is 11.4 Å². The average molecular weight is 452 g/mol. The van der Waals surface area contributed by atoms with Gasteiger partial charge < -0.3 is 14.8 Å². The first-order valence-corrected chi connectivity index (χ1v) is 11.7. The molecule has 0 spiro atoms. The van der Waals surface area contributed by atoms with Crippen LogP contribution in [0.2, 0.25) is 0 Å². The molecule has 1 amide bonds. The average Bonchev–Trinajstić information content (AvgIpc) is 3.17. The summed E-state index contributed by atoms with van der Waals surface area (Å²) in [7, 11) is 0. The third-order valence-electron chi connectivity index (χ3n) is 5.07. The van der Waals surface area contributed by atoms with Crippen LogP contribution in [-0.2, 0) is 16.0 Å². The summed E-state index contributed by atoms with van der Waals surface area (Å²) in [6, 6.07) is 13.8. The van der Waals surface area contributed by atoms with Gasteiger partial charge in [-0.3, -0.25) is 4.79 Å². The number of thiophene rings is 1. The van der Waals surface area contributed by atoms with E-state index in [1.165, 1.54) is 11.3 Å². The number of carbonyl (C=O) groups is 2. The van der Waals surface area contributed by atoms with Crippen molar-refractivity contribution >= 4 is 28.2 Å². The first-order chi connectivity index (χ1) is 15.4. The Morgan fingerprint density at radius 3 is 2.38 bits per heavy atom. The Labute approximate surface area is 193 Å². The van der Waals surface area contributed by atoms with Gasteiger partial charge in [0, 0.05) is 17.4 Å². The molecular formula is C26H29NO4S. The van der Waals surface area contributed by atoms with Gasteiger partial charge in [-0.15, -0.1) is 11.3 Å². The molecule has 5 nitrogen and oxygen atoms in total. The number of ether oxygens (including phenoxy) is 2. The second kappa shape index (κ2) is 11.0. The highest BCUT2D eigenvalue weighted by atomic mass is 32.1. The van der Waals surface area contributed by atoms with Crippen LogP contribution in [0.5, 0.6) is 5.75 Å². The summed E-state index contributed by atoms with van der Waals surface area (Å²) < 4.78 is 10.8. The molecule has 0 unspecified atom stereocenters. The van der Waals surface area contributed by atoms with Gasteiger partial charge in [-0.25, -0.2) is 4.79 Å². The van der Waals surface area contributed by atoms with Crippen molar-refractivity contribution in [3.8, 4) is 16.9 Å². The Balaban J connectivity index is 1.77. The Kier molecular flexibility index (Phi) is 8.06. The van der Waals surface area contributed by atoms with Crippen LogP contribution in [0.25, 0.3) is 11.1 Å². The molecule has 168 valence electrons. The van der Waals surface area contributed by atoms with Gasteiger partial charge >= 0.3 is 5.97 Å². The first kappa shape index (κ1) is 23.5. The van der Waals surface area contributed by atoms with Crippen molar-refractivity contribution in [3.05, 3.63) is 70.1 Å². The van der Waals surface area contributed by atoms with Crippen LogP contribution in [0, 0.1) is 13.8 Å². The van der Waals surface area contributed by atoms with E-state index in [1.54, 1.807) is 6.92 Å². The summed E-state index contributed by atoms with van der Waals surface area (Å²) >= 11 is 1.35. The normalized spacial score (nSPS) is 10.6. The molecule has 0 bridgehead atoms. The van der Waals surface area contributed by atoms with E-state index < -0.39 is 5.97 Å². The van der Waals surface area contributed by atoms with Gasteiger partial charge in [0.1, 0.15) is 16.3 Å². The lowest BCUT2D eigenvalue weighted by Gasteiger charge is -2.11. The maximum atomic E-state index is 12.8. The van der Waals surface area contributed by atoms with Gasteiger partial charge in [-0.2, -0.15) is 0 Å². The van der Waals surface area contributed by atoms with Crippen LogP contribution in [0.3, 0.4) is 0 Å². The minimum Gasteiger partial charge on any atom is -0.494 e. The maximum absolute atomic E-state index is 12.8. The SMILES string of the molecule is CCOC(=O)c1c(-c2ccc(C)cc2C)csc1NC(=O)CCc1ccc(OCC)cc1. The van der Waals surface area contributed by atoms with Crippen LogP contribution >= 0.6 is 11.3 Å². The molecule has 0 aliphatic heterocycles.